The van der Waals surface area contributed by atoms with Crippen molar-refractivity contribution in [2.75, 3.05) is 25.1 Å². The molecule has 1 saturated heterocycles. The van der Waals surface area contributed by atoms with Gasteiger partial charge in [-0.1, -0.05) is 29.8 Å². The average molecular weight is 403 g/mol. The number of rotatable bonds is 5. The Balaban J connectivity index is 1.83. The second-order valence-electron chi connectivity index (χ2n) is 6.27. The number of hydrogen-bond acceptors (Lipinski definition) is 5. The van der Waals surface area contributed by atoms with Crippen LogP contribution in [0.25, 0.3) is 11.1 Å². The van der Waals surface area contributed by atoms with Crippen LogP contribution in [0.5, 0.6) is 5.75 Å². The monoisotopic (exact) mass is 402 g/mol. The SMILES string of the molecule is COc1ccc(-c2ccc(N3CC(CNC(C)=O)OC3=O)cc2Cl)ccc1=O. The molecule has 1 atom stereocenters. The highest BCUT2D eigenvalue weighted by molar-refractivity contribution is 6.33. The van der Waals surface area contributed by atoms with Crippen molar-refractivity contribution in [2.45, 2.75) is 13.0 Å². The molecule has 2 aromatic rings. The van der Waals surface area contributed by atoms with Crippen LogP contribution in [0.2, 0.25) is 5.02 Å². The van der Waals surface area contributed by atoms with Gasteiger partial charge in [0.25, 0.3) is 0 Å². The highest BCUT2D eigenvalue weighted by atomic mass is 35.5. The Bertz CT molecular complexity index is 979. The maximum absolute atomic E-state index is 12.1. The van der Waals surface area contributed by atoms with Gasteiger partial charge in [0.2, 0.25) is 11.3 Å². The Labute approximate surface area is 166 Å². The highest BCUT2D eigenvalue weighted by Crippen LogP contribution is 2.32. The number of ether oxygens (including phenoxy) is 2. The third-order valence-corrected chi connectivity index (χ3v) is 4.63. The maximum Gasteiger partial charge on any atom is 0.414 e. The van der Waals surface area contributed by atoms with Crippen LogP contribution < -0.4 is 20.4 Å². The largest absolute Gasteiger partial charge is 0.493 e. The van der Waals surface area contributed by atoms with Gasteiger partial charge in [0.1, 0.15) is 6.10 Å². The predicted octanol–water partition coefficient (Wildman–Crippen LogP) is 2.84. The van der Waals surface area contributed by atoms with Gasteiger partial charge < -0.3 is 14.8 Å². The molecule has 0 spiro atoms. The van der Waals surface area contributed by atoms with Crippen molar-refractivity contribution in [3.63, 3.8) is 0 Å². The van der Waals surface area contributed by atoms with Crippen molar-refractivity contribution < 1.29 is 19.1 Å². The van der Waals surface area contributed by atoms with E-state index in [0.717, 1.165) is 5.56 Å². The van der Waals surface area contributed by atoms with Crippen LogP contribution in [-0.4, -0.2) is 38.3 Å². The first-order chi connectivity index (χ1) is 13.4. The topological polar surface area (TPSA) is 84.9 Å². The van der Waals surface area contributed by atoms with Crippen LogP contribution in [0.4, 0.5) is 10.5 Å². The fraction of sp³-hybridized carbons (Fsp3) is 0.250. The van der Waals surface area contributed by atoms with Crippen LogP contribution in [0.15, 0.2) is 47.3 Å². The van der Waals surface area contributed by atoms with Crippen LogP contribution in [0, 0.1) is 0 Å². The standard InChI is InChI=1S/C20H19ClN2O5/c1-12(24)22-10-15-11-23(20(26)28-15)14-5-6-16(17(21)9-14)13-3-7-18(25)19(27-2)8-4-13/h3-9,15H,10-11H2,1-2H3,(H,22,24). The van der Waals surface area contributed by atoms with Gasteiger partial charge in [-0.05, 0) is 29.8 Å². The van der Waals surface area contributed by atoms with Crippen LogP contribution in [0.3, 0.4) is 0 Å². The first-order valence-corrected chi connectivity index (χ1v) is 8.97. The molecule has 1 heterocycles. The summed E-state index contributed by atoms with van der Waals surface area (Å²) in [5.41, 5.74) is 1.81. The number of nitrogens with zero attached hydrogens (tertiary/aromatic N) is 1. The second kappa shape index (κ2) is 8.31. The number of halogens is 1. The zero-order valence-electron chi connectivity index (χ0n) is 15.4. The van der Waals surface area contributed by atoms with E-state index in [4.69, 9.17) is 21.1 Å². The molecule has 0 bridgehead atoms. The summed E-state index contributed by atoms with van der Waals surface area (Å²) in [6, 6.07) is 11.6. The van der Waals surface area contributed by atoms with Crippen LogP contribution in [0.1, 0.15) is 6.92 Å². The van der Waals surface area contributed by atoms with E-state index >= 15 is 0 Å². The summed E-state index contributed by atoms with van der Waals surface area (Å²) in [5.74, 6) is 0.0554. The van der Waals surface area contributed by atoms with Gasteiger partial charge in [0.05, 0.1) is 25.2 Å². The third-order valence-electron chi connectivity index (χ3n) is 4.32. The number of anilines is 1. The molecule has 1 aliphatic heterocycles. The first-order valence-electron chi connectivity index (χ1n) is 8.60. The maximum atomic E-state index is 12.1. The molecule has 2 aromatic carbocycles. The molecular weight excluding hydrogens is 384 g/mol. The number of benzene rings is 1. The Morgan fingerprint density at radius 3 is 2.68 bits per heavy atom. The number of hydrogen-bond donors (Lipinski definition) is 1. The molecule has 0 saturated carbocycles. The summed E-state index contributed by atoms with van der Waals surface area (Å²) in [6.45, 7) is 1.97. The van der Waals surface area contributed by atoms with E-state index in [0.29, 0.717) is 22.8 Å². The van der Waals surface area contributed by atoms with Gasteiger partial charge in [0, 0.05) is 18.2 Å². The van der Waals surface area contributed by atoms with Gasteiger partial charge in [-0.25, -0.2) is 4.79 Å². The molecule has 28 heavy (non-hydrogen) atoms. The molecule has 0 aliphatic carbocycles. The Morgan fingerprint density at radius 2 is 2.00 bits per heavy atom. The molecule has 3 rings (SSSR count). The van der Waals surface area contributed by atoms with Gasteiger partial charge in [-0.2, -0.15) is 0 Å². The number of cyclic esters (lactones) is 1. The minimum atomic E-state index is -0.494. The summed E-state index contributed by atoms with van der Waals surface area (Å²) in [6.07, 6.45) is -0.919. The molecular formula is C20H19ClN2O5. The van der Waals surface area contributed by atoms with E-state index in [-0.39, 0.29) is 23.6 Å². The molecule has 0 aromatic heterocycles. The van der Waals surface area contributed by atoms with Crippen molar-refractivity contribution in [1.82, 2.24) is 5.32 Å². The number of carbonyl (C=O) groups excluding carboxylic acids is 2. The number of nitrogens with one attached hydrogen (secondary N) is 1. The fourth-order valence-corrected chi connectivity index (χ4v) is 3.19. The number of methoxy groups -OCH3 is 1. The minimum Gasteiger partial charge on any atom is -0.493 e. The zero-order valence-corrected chi connectivity index (χ0v) is 16.2. The third kappa shape index (κ3) is 4.26. The van der Waals surface area contributed by atoms with Crippen molar-refractivity contribution in [3.05, 3.63) is 57.7 Å². The lowest BCUT2D eigenvalue weighted by molar-refractivity contribution is -0.119. The minimum absolute atomic E-state index is 0.184. The van der Waals surface area contributed by atoms with E-state index in [2.05, 4.69) is 5.32 Å². The lowest BCUT2D eigenvalue weighted by Gasteiger charge is -2.15. The van der Waals surface area contributed by atoms with Gasteiger partial charge >= 0.3 is 6.09 Å². The molecule has 1 unspecified atom stereocenters. The Morgan fingerprint density at radius 1 is 1.25 bits per heavy atom. The zero-order chi connectivity index (χ0) is 20.3. The van der Waals surface area contributed by atoms with Gasteiger partial charge in [0.15, 0.2) is 5.75 Å². The highest BCUT2D eigenvalue weighted by Gasteiger charge is 2.32. The van der Waals surface area contributed by atoms with Crippen molar-refractivity contribution >= 4 is 29.3 Å². The molecule has 1 fully saturated rings. The molecule has 1 aliphatic rings. The van der Waals surface area contributed by atoms with E-state index in [1.165, 1.54) is 25.0 Å². The summed E-state index contributed by atoms with van der Waals surface area (Å²) < 4.78 is 10.3. The number of carbonyl (C=O) groups is 2. The lowest BCUT2D eigenvalue weighted by Crippen LogP contribution is -2.33. The normalized spacial score (nSPS) is 15.9. The first kappa shape index (κ1) is 19.7. The summed E-state index contributed by atoms with van der Waals surface area (Å²) in [5, 5.41) is 3.06. The fourth-order valence-electron chi connectivity index (χ4n) is 2.90. The quantitative estimate of drug-likeness (QED) is 0.831. The van der Waals surface area contributed by atoms with Crippen molar-refractivity contribution in [1.29, 1.82) is 0 Å². The number of amides is 2. The summed E-state index contributed by atoms with van der Waals surface area (Å²) in [7, 11) is 1.44. The summed E-state index contributed by atoms with van der Waals surface area (Å²) >= 11 is 6.44. The van der Waals surface area contributed by atoms with Crippen molar-refractivity contribution in [2.24, 2.45) is 0 Å². The molecule has 2 amide bonds. The molecule has 146 valence electrons. The smallest absolute Gasteiger partial charge is 0.414 e. The van der Waals surface area contributed by atoms with Gasteiger partial charge in [-0.3, -0.25) is 14.5 Å². The van der Waals surface area contributed by atoms with Crippen LogP contribution in [-0.2, 0) is 9.53 Å². The van der Waals surface area contributed by atoms with E-state index in [1.54, 1.807) is 36.4 Å². The molecule has 8 heteroatoms. The van der Waals surface area contributed by atoms with Crippen molar-refractivity contribution in [3.8, 4) is 16.9 Å². The van der Waals surface area contributed by atoms with E-state index in [1.807, 2.05) is 0 Å². The van der Waals surface area contributed by atoms with E-state index in [9.17, 15) is 14.4 Å². The Kier molecular flexibility index (Phi) is 5.84. The second-order valence-corrected chi connectivity index (χ2v) is 6.68. The summed E-state index contributed by atoms with van der Waals surface area (Å²) in [4.78, 5) is 36.5. The molecule has 7 nitrogen and oxygen atoms in total. The lowest BCUT2D eigenvalue weighted by atomic mass is 10.1. The predicted molar refractivity (Wildman–Crippen MR) is 106 cm³/mol. The average Bonchev–Trinajstić information content (AvgIpc) is 2.93. The van der Waals surface area contributed by atoms with Crippen LogP contribution >= 0.6 is 11.6 Å². The molecule has 0 radical (unpaired) electrons. The van der Waals surface area contributed by atoms with Gasteiger partial charge in [-0.15, -0.1) is 0 Å². The Hall–Kier alpha value is -3.06. The molecule has 1 N–H and O–H groups in total. The van der Waals surface area contributed by atoms with E-state index < -0.39 is 12.2 Å².